The van der Waals surface area contributed by atoms with Crippen LogP contribution in [0.15, 0.2) is 52.4 Å². The van der Waals surface area contributed by atoms with E-state index < -0.39 is 0 Å². The average molecular weight is 341 g/mol. The molecule has 0 atom stereocenters. The monoisotopic (exact) mass is 341 g/mol. The van der Waals surface area contributed by atoms with Crippen molar-refractivity contribution in [2.75, 3.05) is 0 Å². The number of para-hydroxylation sites is 1. The SMILES string of the molecule is O=C(NCc1cc(-c2cccs2)on1)c1nc2ccccc2s1. The predicted molar refractivity (Wildman–Crippen MR) is 90.6 cm³/mol. The van der Waals surface area contributed by atoms with Crippen molar-refractivity contribution in [1.29, 1.82) is 0 Å². The average Bonchev–Trinajstić information content (AvgIpc) is 3.31. The Hall–Kier alpha value is -2.51. The van der Waals surface area contributed by atoms with E-state index in [1.165, 1.54) is 11.3 Å². The van der Waals surface area contributed by atoms with Crippen LogP contribution in [0.25, 0.3) is 20.9 Å². The van der Waals surface area contributed by atoms with Crippen LogP contribution in [0.3, 0.4) is 0 Å². The molecule has 1 aromatic carbocycles. The summed E-state index contributed by atoms with van der Waals surface area (Å²) in [5.41, 5.74) is 1.52. The number of nitrogens with one attached hydrogen (secondary N) is 1. The van der Waals surface area contributed by atoms with Gasteiger partial charge in [-0.05, 0) is 23.6 Å². The van der Waals surface area contributed by atoms with Gasteiger partial charge in [-0.15, -0.1) is 22.7 Å². The van der Waals surface area contributed by atoms with Gasteiger partial charge in [-0.25, -0.2) is 4.98 Å². The molecule has 0 spiro atoms. The molecule has 4 aromatic rings. The highest BCUT2D eigenvalue weighted by atomic mass is 32.1. The molecule has 1 amide bonds. The normalized spacial score (nSPS) is 11.0. The Bertz CT molecular complexity index is 924. The standard InChI is InChI=1S/C16H11N3O2S2/c20-15(16-18-11-4-1-2-5-13(11)23-16)17-9-10-8-12(21-19-10)14-6-3-7-22-14/h1-8H,9H2,(H,17,20). The number of benzene rings is 1. The van der Waals surface area contributed by atoms with Gasteiger partial charge in [-0.3, -0.25) is 4.79 Å². The summed E-state index contributed by atoms with van der Waals surface area (Å²) in [6.45, 7) is 0.309. The van der Waals surface area contributed by atoms with E-state index in [4.69, 9.17) is 4.52 Å². The van der Waals surface area contributed by atoms with Crippen LogP contribution in [-0.4, -0.2) is 16.0 Å². The first kappa shape index (κ1) is 14.1. The van der Waals surface area contributed by atoms with E-state index in [1.54, 1.807) is 11.3 Å². The molecule has 7 heteroatoms. The van der Waals surface area contributed by atoms with E-state index in [1.807, 2.05) is 47.8 Å². The molecule has 0 radical (unpaired) electrons. The van der Waals surface area contributed by atoms with E-state index in [9.17, 15) is 4.79 Å². The van der Waals surface area contributed by atoms with E-state index in [2.05, 4.69) is 15.5 Å². The van der Waals surface area contributed by atoms with Gasteiger partial charge in [0.05, 0.1) is 21.6 Å². The van der Waals surface area contributed by atoms with Crippen LogP contribution in [0, 0.1) is 0 Å². The molecular formula is C16H11N3O2S2. The Morgan fingerprint density at radius 1 is 1.22 bits per heavy atom. The summed E-state index contributed by atoms with van der Waals surface area (Å²) in [5, 5.41) is 9.24. The van der Waals surface area contributed by atoms with Gasteiger partial charge in [-0.1, -0.05) is 23.4 Å². The second-order valence-electron chi connectivity index (χ2n) is 4.83. The molecule has 23 heavy (non-hydrogen) atoms. The third-order valence-corrected chi connectivity index (χ3v) is 5.16. The largest absolute Gasteiger partial charge is 0.355 e. The molecule has 3 heterocycles. The molecular weight excluding hydrogens is 330 g/mol. The molecule has 0 aliphatic heterocycles. The molecule has 0 saturated carbocycles. The van der Waals surface area contributed by atoms with Gasteiger partial charge >= 0.3 is 0 Å². The molecule has 0 unspecified atom stereocenters. The molecule has 0 fully saturated rings. The number of carbonyl (C=O) groups is 1. The van der Waals surface area contributed by atoms with Crippen LogP contribution in [-0.2, 0) is 6.54 Å². The molecule has 1 N–H and O–H groups in total. The molecule has 5 nitrogen and oxygen atoms in total. The lowest BCUT2D eigenvalue weighted by atomic mass is 10.3. The van der Waals surface area contributed by atoms with Crippen LogP contribution in [0.5, 0.6) is 0 Å². The van der Waals surface area contributed by atoms with Crippen molar-refractivity contribution in [1.82, 2.24) is 15.5 Å². The van der Waals surface area contributed by atoms with Crippen molar-refractivity contribution < 1.29 is 9.32 Å². The first-order valence-electron chi connectivity index (χ1n) is 6.93. The van der Waals surface area contributed by atoms with Gasteiger partial charge in [0.2, 0.25) is 0 Å². The summed E-state index contributed by atoms with van der Waals surface area (Å²) in [6, 6.07) is 13.5. The number of hydrogen-bond donors (Lipinski definition) is 1. The Morgan fingerprint density at radius 2 is 2.13 bits per heavy atom. The highest BCUT2D eigenvalue weighted by Crippen LogP contribution is 2.25. The first-order chi connectivity index (χ1) is 11.3. The number of rotatable bonds is 4. The summed E-state index contributed by atoms with van der Waals surface area (Å²) >= 11 is 2.96. The summed E-state index contributed by atoms with van der Waals surface area (Å²) < 4.78 is 6.29. The zero-order valence-electron chi connectivity index (χ0n) is 11.9. The Morgan fingerprint density at radius 3 is 2.96 bits per heavy atom. The number of nitrogens with zero attached hydrogens (tertiary/aromatic N) is 2. The summed E-state index contributed by atoms with van der Waals surface area (Å²) in [6.07, 6.45) is 0. The Balaban J connectivity index is 1.45. The fourth-order valence-corrected chi connectivity index (χ4v) is 3.70. The maximum atomic E-state index is 12.2. The van der Waals surface area contributed by atoms with E-state index in [0.717, 1.165) is 15.1 Å². The minimum Gasteiger partial charge on any atom is -0.355 e. The van der Waals surface area contributed by atoms with Gasteiger partial charge < -0.3 is 9.84 Å². The number of fused-ring (bicyclic) bond motifs is 1. The van der Waals surface area contributed by atoms with Crippen molar-refractivity contribution in [2.24, 2.45) is 0 Å². The van der Waals surface area contributed by atoms with Crippen molar-refractivity contribution in [2.45, 2.75) is 6.54 Å². The number of thiazole rings is 1. The minimum absolute atomic E-state index is 0.202. The lowest BCUT2D eigenvalue weighted by molar-refractivity contribution is 0.0950. The highest BCUT2D eigenvalue weighted by Gasteiger charge is 2.13. The van der Waals surface area contributed by atoms with E-state index in [-0.39, 0.29) is 5.91 Å². The van der Waals surface area contributed by atoms with Crippen LogP contribution in [0.2, 0.25) is 0 Å². The van der Waals surface area contributed by atoms with Crippen molar-refractivity contribution in [3.8, 4) is 10.6 Å². The molecule has 0 aliphatic carbocycles. The first-order valence-corrected chi connectivity index (χ1v) is 8.62. The number of carbonyl (C=O) groups excluding carboxylic acids is 1. The molecule has 4 rings (SSSR count). The van der Waals surface area contributed by atoms with Crippen LogP contribution in [0.4, 0.5) is 0 Å². The molecule has 0 bridgehead atoms. The van der Waals surface area contributed by atoms with Gasteiger partial charge in [0.15, 0.2) is 10.8 Å². The molecule has 114 valence electrons. The topological polar surface area (TPSA) is 68.0 Å². The van der Waals surface area contributed by atoms with Gasteiger partial charge in [0.1, 0.15) is 5.69 Å². The van der Waals surface area contributed by atoms with Gasteiger partial charge in [0.25, 0.3) is 5.91 Å². The predicted octanol–water partition coefficient (Wildman–Crippen LogP) is 3.94. The van der Waals surface area contributed by atoms with Crippen LogP contribution >= 0.6 is 22.7 Å². The number of amides is 1. The molecule has 0 saturated heterocycles. The number of thiophene rings is 1. The summed E-state index contributed by atoms with van der Waals surface area (Å²) in [4.78, 5) is 17.6. The summed E-state index contributed by atoms with van der Waals surface area (Å²) in [7, 11) is 0. The third-order valence-electron chi connectivity index (χ3n) is 3.24. The third kappa shape index (κ3) is 2.88. The lowest BCUT2D eigenvalue weighted by Crippen LogP contribution is -2.22. The Kier molecular flexibility index (Phi) is 3.64. The Labute approximate surface area is 139 Å². The van der Waals surface area contributed by atoms with Crippen LogP contribution < -0.4 is 5.32 Å². The van der Waals surface area contributed by atoms with E-state index in [0.29, 0.717) is 23.0 Å². The second-order valence-corrected chi connectivity index (χ2v) is 6.81. The highest BCUT2D eigenvalue weighted by molar-refractivity contribution is 7.20. The molecule has 3 aromatic heterocycles. The maximum absolute atomic E-state index is 12.2. The minimum atomic E-state index is -0.202. The molecule has 0 aliphatic rings. The fraction of sp³-hybridized carbons (Fsp3) is 0.0625. The van der Waals surface area contributed by atoms with Gasteiger partial charge in [0, 0.05) is 6.07 Å². The van der Waals surface area contributed by atoms with Crippen molar-refractivity contribution >= 4 is 38.8 Å². The maximum Gasteiger partial charge on any atom is 0.280 e. The zero-order chi connectivity index (χ0) is 15.6. The number of hydrogen-bond acceptors (Lipinski definition) is 6. The van der Waals surface area contributed by atoms with E-state index >= 15 is 0 Å². The fourth-order valence-electron chi connectivity index (χ4n) is 2.15. The zero-order valence-corrected chi connectivity index (χ0v) is 13.5. The van der Waals surface area contributed by atoms with Crippen LogP contribution in [0.1, 0.15) is 15.5 Å². The quantitative estimate of drug-likeness (QED) is 0.610. The lowest BCUT2D eigenvalue weighted by Gasteiger charge is -1.98. The number of aromatic nitrogens is 2. The van der Waals surface area contributed by atoms with Crippen molar-refractivity contribution in [3.05, 3.63) is 58.5 Å². The van der Waals surface area contributed by atoms with Crippen molar-refractivity contribution in [3.63, 3.8) is 0 Å². The smallest absolute Gasteiger partial charge is 0.280 e. The summed E-state index contributed by atoms with van der Waals surface area (Å²) in [5.74, 6) is 0.510. The second kappa shape index (κ2) is 5.94. The van der Waals surface area contributed by atoms with Gasteiger partial charge in [-0.2, -0.15) is 0 Å².